The third-order valence-corrected chi connectivity index (χ3v) is 3.54. The van der Waals surface area contributed by atoms with Crippen LogP contribution in [0.5, 0.6) is 0 Å². The minimum Gasteiger partial charge on any atom is -0.393 e. The van der Waals surface area contributed by atoms with Crippen LogP contribution < -0.4 is 0 Å². The highest BCUT2D eigenvalue weighted by Gasteiger charge is 2.31. The van der Waals surface area contributed by atoms with Gasteiger partial charge in [0.1, 0.15) is 0 Å². The molecule has 4 unspecified atom stereocenters. The van der Waals surface area contributed by atoms with E-state index in [1.165, 1.54) is 12.8 Å². The van der Waals surface area contributed by atoms with Gasteiger partial charge < -0.3 is 5.11 Å². The van der Waals surface area contributed by atoms with Crippen molar-refractivity contribution in [3.05, 3.63) is 0 Å². The van der Waals surface area contributed by atoms with Crippen LogP contribution >= 0.6 is 0 Å². The van der Waals surface area contributed by atoms with E-state index in [1.807, 2.05) is 0 Å². The molecule has 0 spiro atoms. The Hall–Kier alpha value is -0.0400. The molecule has 1 N–H and O–H groups in total. The summed E-state index contributed by atoms with van der Waals surface area (Å²) in [5, 5.41) is 9.56. The van der Waals surface area contributed by atoms with Gasteiger partial charge in [-0.15, -0.1) is 0 Å². The molecule has 1 aliphatic rings. The molecule has 11 heavy (non-hydrogen) atoms. The Labute approximate surface area is 69.8 Å². The summed E-state index contributed by atoms with van der Waals surface area (Å²) in [6.07, 6.45) is 3.48. The molecule has 1 aliphatic carbocycles. The molecular formula is C10H20O. The molecule has 0 bridgehead atoms. The van der Waals surface area contributed by atoms with Crippen LogP contribution in [0.1, 0.15) is 40.0 Å². The molecule has 0 aromatic carbocycles. The van der Waals surface area contributed by atoms with Crippen molar-refractivity contribution in [1.82, 2.24) is 0 Å². The lowest BCUT2D eigenvalue weighted by molar-refractivity contribution is 0.0174. The zero-order valence-electron chi connectivity index (χ0n) is 7.88. The lowest BCUT2D eigenvalue weighted by Crippen LogP contribution is -2.34. The van der Waals surface area contributed by atoms with Crippen LogP contribution in [-0.4, -0.2) is 11.2 Å². The summed E-state index contributed by atoms with van der Waals surface area (Å²) in [4.78, 5) is 0. The van der Waals surface area contributed by atoms with E-state index in [-0.39, 0.29) is 6.10 Å². The molecule has 4 atom stereocenters. The summed E-state index contributed by atoms with van der Waals surface area (Å²) in [5.74, 6) is 2.07. The molecule has 0 heterocycles. The van der Waals surface area contributed by atoms with E-state index in [4.69, 9.17) is 0 Å². The van der Waals surface area contributed by atoms with Gasteiger partial charge in [-0.1, -0.05) is 27.2 Å². The summed E-state index contributed by atoms with van der Waals surface area (Å²) in [6.45, 7) is 6.71. The van der Waals surface area contributed by atoms with E-state index in [2.05, 4.69) is 20.8 Å². The maximum atomic E-state index is 9.56. The van der Waals surface area contributed by atoms with Crippen LogP contribution in [0.3, 0.4) is 0 Å². The highest BCUT2D eigenvalue weighted by atomic mass is 16.3. The molecular weight excluding hydrogens is 136 g/mol. The lowest BCUT2D eigenvalue weighted by Gasteiger charge is -2.37. The maximum absolute atomic E-state index is 9.56. The second-order valence-electron chi connectivity index (χ2n) is 4.03. The zero-order valence-corrected chi connectivity index (χ0v) is 7.88. The molecule has 66 valence electrons. The standard InChI is InChI=1S/C10H20O/c1-4-9-5-6-10(11)8(3)7(9)2/h7-11H,4-6H2,1-3H3. The normalized spacial score (nSPS) is 45.8. The largest absolute Gasteiger partial charge is 0.393 e. The monoisotopic (exact) mass is 156 g/mol. The Morgan fingerprint density at radius 2 is 1.82 bits per heavy atom. The molecule has 1 fully saturated rings. The molecule has 0 amide bonds. The Morgan fingerprint density at radius 1 is 1.18 bits per heavy atom. The Bertz CT molecular complexity index is 120. The second-order valence-corrected chi connectivity index (χ2v) is 4.03. The number of aliphatic hydroxyl groups excluding tert-OH is 1. The minimum atomic E-state index is -0.0344. The molecule has 0 aromatic heterocycles. The van der Waals surface area contributed by atoms with Crippen molar-refractivity contribution in [3.8, 4) is 0 Å². The predicted octanol–water partition coefficient (Wildman–Crippen LogP) is 2.44. The van der Waals surface area contributed by atoms with E-state index >= 15 is 0 Å². The van der Waals surface area contributed by atoms with Crippen molar-refractivity contribution >= 4 is 0 Å². The van der Waals surface area contributed by atoms with Gasteiger partial charge in [-0.25, -0.2) is 0 Å². The quantitative estimate of drug-likeness (QED) is 0.618. The number of hydrogen-bond donors (Lipinski definition) is 1. The number of rotatable bonds is 1. The molecule has 1 rings (SSSR count). The molecule has 0 radical (unpaired) electrons. The third-order valence-electron chi connectivity index (χ3n) is 3.54. The highest BCUT2D eigenvalue weighted by molar-refractivity contribution is 4.81. The fraction of sp³-hybridized carbons (Fsp3) is 1.00. The highest BCUT2D eigenvalue weighted by Crippen LogP contribution is 2.36. The fourth-order valence-corrected chi connectivity index (χ4v) is 2.27. The summed E-state index contributed by atoms with van der Waals surface area (Å²) in [7, 11) is 0. The van der Waals surface area contributed by atoms with E-state index < -0.39 is 0 Å². The first-order valence-electron chi connectivity index (χ1n) is 4.84. The van der Waals surface area contributed by atoms with Gasteiger partial charge in [0.25, 0.3) is 0 Å². The van der Waals surface area contributed by atoms with Crippen LogP contribution in [0, 0.1) is 17.8 Å². The fourth-order valence-electron chi connectivity index (χ4n) is 2.27. The van der Waals surface area contributed by atoms with Gasteiger partial charge in [-0.2, -0.15) is 0 Å². The average molecular weight is 156 g/mol. The minimum absolute atomic E-state index is 0.0344. The predicted molar refractivity (Wildman–Crippen MR) is 47.3 cm³/mol. The molecule has 0 saturated heterocycles. The Kier molecular flexibility index (Phi) is 2.94. The number of hydrogen-bond acceptors (Lipinski definition) is 1. The van der Waals surface area contributed by atoms with E-state index in [0.717, 1.165) is 12.3 Å². The average Bonchev–Trinajstić information content (AvgIpc) is 2.01. The van der Waals surface area contributed by atoms with Gasteiger partial charge in [0.2, 0.25) is 0 Å². The SMILES string of the molecule is CCC1CCC(O)C(C)C1C. The van der Waals surface area contributed by atoms with Crippen molar-refractivity contribution in [1.29, 1.82) is 0 Å². The first kappa shape index (κ1) is 9.05. The summed E-state index contributed by atoms with van der Waals surface area (Å²) in [5.41, 5.74) is 0. The summed E-state index contributed by atoms with van der Waals surface area (Å²) in [6, 6.07) is 0. The summed E-state index contributed by atoms with van der Waals surface area (Å²) >= 11 is 0. The van der Waals surface area contributed by atoms with E-state index in [9.17, 15) is 5.11 Å². The van der Waals surface area contributed by atoms with Crippen molar-refractivity contribution in [2.45, 2.75) is 46.1 Å². The smallest absolute Gasteiger partial charge is 0.0568 e. The van der Waals surface area contributed by atoms with Gasteiger partial charge in [-0.05, 0) is 30.6 Å². The van der Waals surface area contributed by atoms with Crippen LogP contribution in [-0.2, 0) is 0 Å². The van der Waals surface area contributed by atoms with Crippen molar-refractivity contribution in [3.63, 3.8) is 0 Å². The molecule has 1 saturated carbocycles. The second kappa shape index (κ2) is 3.57. The van der Waals surface area contributed by atoms with Crippen molar-refractivity contribution in [2.24, 2.45) is 17.8 Å². The topological polar surface area (TPSA) is 20.2 Å². The molecule has 0 aromatic rings. The molecule has 0 aliphatic heterocycles. The van der Waals surface area contributed by atoms with Gasteiger partial charge >= 0.3 is 0 Å². The van der Waals surface area contributed by atoms with Gasteiger partial charge in [0, 0.05) is 0 Å². The van der Waals surface area contributed by atoms with Gasteiger partial charge in [-0.3, -0.25) is 0 Å². The first-order valence-corrected chi connectivity index (χ1v) is 4.84. The van der Waals surface area contributed by atoms with E-state index in [0.29, 0.717) is 11.8 Å². The Morgan fingerprint density at radius 3 is 2.36 bits per heavy atom. The van der Waals surface area contributed by atoms with Crippen molar-refractivity contribution in [2.75, 3.05) is 0 Å². The number of aliphatic hydroxyl groups is 1. The van der Waals surface area contributed by atoms with Crippen LogP contribution in [0.15, 0.2) is 0 Å². The van der Waals surface area contributed by atoms with Crippen LogP contribution in [0.2, 0.25) is 0 Å². The Balaban J connectivity index is 2.52. The van der Waals surface area contributed by atoms with Crippen molar-refractivity contribution < 1.29 is 5.11 Å². The van der Waals surface area contributed by atoms with Crippen LogP contribution in [0.25, 0.3) is 0 Å². The molecule has 1 heteroatoms. The summed E-state index contributed by atoms with van der Waals surface area (Å²) < 4.78 is 0. The van der Waals surface area contributed by atoms with Gasteiger partial charge in [0.05, 0.1) is 6.10 Å². The third kappa shape index (κ3) is 1.76. The zero-order chi connectivity index (χ0) is 8.43. The first-order chi connectivity index (χ1) is 5.16. The maximum Gasteiger partial charge on any atom is 0.0568 e. The van der Waals surface area contributed by atoms with Crippen LogP contribution in [0.4, 0.5) is 0 Å². The lowest BCUT2D eigenvalue weighted by atomic mass is 9.71. The van der Waals surface area contributed by atoms with E-state index in [1.54, 1.807) is 0 Å². The van der Waals surface area contributed by atoms with Gasteiger partial charge in [0.15, 0.2) is 0 Å². The molecule has 1 nitrogen and oxygen atoms in total.